The van der Waals surface area contributed by atoms with Crippen molar-refractivity contribution in [2.45, 2.75) is 136 Å². The maximum absolute atomic E-state index is 12.9. The van der Waals surface area contributed by atoms with E-state index in [9.17, 15) is 14.4 Å². The molecule has 69 heavy (non-hydrogen) atoms. The van der Waals surface area contributed by atoms with Crippen LogP contribution in [0.25, 0.3) is 0 Å². The summed E-state index contributed by atoms with van der Waals surface area (Å²) in [5, 5.41) is 9.65. The molecule has 0 aliphatic rings. The van der Waals surface area contributed by atoms with Gasteiger partial charge in [-0.15, -0.1) is 0 Å². The molecule has 4 aromatic rings. The van der Waals surface area contributed by atoms with Gasteiger partial charge in [0, 0.05) is 17.1 Å². The van der Waals surface area contributed by atoms with Crippen molar-refractivity contribution in [3.05, 3.63) is 89.5 Å². The van der Waals surface area contributed by atoms with E-state index in [0.717, 1.165) is 37.4 Å². The van der Waals surface area contributed by atoms with Crippen LogP contribution in [0.1, 0.15) is 50.3 Å². The lowest BCUT2D eigenvalue weighted by molar-refractivity contribution is 0.0495. The number of esters is 3. The number of carbonyl (C=O) groups is 3. The van der Waals surface area contributed by atoms with E-state index in [1.807, 2.05) is 0 Å². The summed E-state index contributed by atoms with van der Waals surface area (Å²) >= 11 is 0. The quantitative estimate of drug-likeness (QED) is 0.0222. The fourth-order valence-corrected chi connectivity index (χ4v) is 32.0. The zero-order chi connectivity index (χ0) is 51.3. The van der Waals surface area contributed by atoms with Crippen molar-refractivity contribution in [2.24, 2.45) is 0 Å². The van der Waals surface area contributed by atoms with E-state index in [4.69, 9.17) is 26.6 Å². The lowest BCUT2D eigenvalue weighted by atomic mass is 10.2. The number of rotatable bonds is 27. The first-order valence-corrected chi connectivity index (χ1v) is 43.5. The second-order valence-electron chi connectivity index (χ2n) is 22.1. The Kier molecular flexibility index (Phi) is 20.5. The van der Waals surface area contributed by atoms with Crippen molar-refractivity contribution in [1.82, 2.24) is 15.0 Å². The van der Waals surface area contributed by atoms with Crippen LogP contribution in [-0.2, 0) is 26.6 Å². The molecule has 15 nitrogen and oxygen atoms in total. The van der Waals surface area contributed by atoms with Crippen LogP contribution >= 0.6 is 0 Å². The molecule has 0 aliphatic heterocycles. The molecule has 0 radical (unpaired) electrons. The van der Waals surface area contributed by atoms with E-state index in [1.165, 1.54) is 0 Å². The molecule has 3 aromatic carbocycles. The number of hydrogen-bond donors (Lipinski definition) is 3. The maximum atomic E-state index is 12.9. The Bertz CT molecular complexity index is 2030. The van der Waals surface area contributed by atoms with Crippen LogP contribution < -0.4 is 16.0 Å². The van der Waals surface area contributed by atoms with Gasteiger partial charge in [-0.1, -0.05) is 0 Å². The third-order valence-electron chi connectivity index (χ3n) is 9.98. The highest BCUT2D eigenvalue weighted by Gasteiger charge is 2.31. The van der Waals surface area contributed by atoms with Gasteiger partial charge in [0.2, 0.25) is 17.8 Å². The van der Waals surface area contributed by atoms with Crippen LogP contribution in [0, 0.1) is 0 Å². The third-order valence-corrected chi connectivity index (χ3v) is 28.6. The average molecular weight is 1050 g/mol. The summed E-state index contributed by atoms with van der Waals surface area (Å²) in [7, 11) is -10.4. The van der Waals surface area contributed by atoms with Gasteiger partial charge in [0.15, 0.2) is 49.9 Å². The summed E-state index contributed by atoms with van der Waals surface area (Å²) < 4.78 is 36.0. The minimum atomic E-state index is -1.83. The fourth-order valence-electron chi connectivity index (χ4n) is 7.88. The van der Waals surface area contributed by atoms with Crippen molar-refractivity contribution in [2.75, 3.05) is 35.8 Å². The number of nitrogens with one attached hydrogen (secondary N) is 3. The van der Waals surface area contributed by atoms with Gasteiger partial charge in [-0.2, -0.15) is 15.0 Å². The van der Waals surface area contributed by atoms with Gasteiger partial charge in [0.05, 0.1) is 36.5 Å². The summed E-state index contributed by atoms with van der Waals surface area (Å²) in [5.74, 6) is -0.564. The summed E-state index contributed by atoms with van der Waals surface area (Å²) in [5.41, 5.74) is 3.14. The van der Waals surface area contributed by atoms with Crippen LogP contribution in [0.5, 0.6) is 0 Å². The largest absolute Gasteiger partial charge is 0.462 e. The molecule has 1 heterocycles. The zero-order valence-electron chi connectivity index (χ0n) is 43.8. The Morgan fingerprint density at radius 3 is 0.797 bits per heavy atom. The molecule has 3 N–H and O–H groups in total. The van der Waals surface area contributed by atoms with Crippen LogP contribution in [0.15, 0.2) is 72.8 Å². The predicted octanol–water partition coefficient (Wildman–Crippen LogP) is 12.9. The molecule has 0 saturated heterocycles. The Morgan fingerprint density at radius 2 is 0.594 bits per heavy atom. The molecule has 0 bridgehead atoms. The standard InChI is InChI=1S/C48H78N6O9Si6/c1-64(2,3)61-67(10,11)34-16-31-58-43(55)37-19-25-40(26-20-37)49-46-52-47(50-41-27-21-38(22-28-41)44(56)59-32-17-35-68(12,13)62-65(4,5)6)54-48(53-46)51-42-29-23-39(24-30-42)45(57)60-33-18-36-69(14,15)63-66(7,8)9/h19-30H,16-18,31-36H2,1-15H3,(H3,49,50,51,52,53,54). The van der Waals surface area contributed by atoms with E-state index in [-0.39, 0.29) is 17.8 Å². The highest BCUT2D eigenvalue weighted by molar-refractivity contribution is 6.85. The van der Waals surface area contributed by atoms with Crippen LogP contribution in [0.2, 0.25) is 116 Å². The number of aromatic nitrogens is 3. The van der Waals surface area contributed by atoms with Crippen molar-refractivity contribution in [1.29, 1.82) is 0 Å². The minimum absolute atomic E-state index is 0.209. The van der Waals surface area contributed by atoms with Gasteiger partial charge in [-0.3, -0.25) is 0 Å². The van der Waals surface area contributed by atoms with Crippen LogP contribution in [-0.4, -0.2) is 103 Å². The Hall–Kier alpha value is -4.34. The van der Waals surface area contributed by atoms with Gasteiger partial charge >= 0.3 is 17.9 Å². The van der Waals surface area contributed by atoms with Crippen LogP contribution in [0.4, 0.5) is 34.9 Å². The number of anilines is 6. The number of carbonyl (C=O) groups excluding carboxylic acids is 3. The van der Waals surface area contributed by atoms with Crippen molar-refractivity contribution in [3.8, 4) is 0 Å². The van der Waals surface area contributed by atoms with Gasteiger partial charge in [-0.05, 0) is 208 Å². The Balaban J connectivity index is 1.43. The molecule has 0 unspecified atom stereocenters. The number of nitrogens with zero attached hydrogens (tertiary/aromatic N) is 3. The minimum Gasteiger partial charge on any atom is -0.462 e. The first-order chi connectivity index (χ1) is 31.9. The Labute approximate surface area is 417 Å². The molecular formula is C48H78N6O9Si6. The second-order valence-corrected chi connectivity index (χ2v) is 49.2. The molecule has 0 saturated carbocycles. The van der Waals surface area contributed by atoms with Crippen molar-refractivity contribution >= 4 is 103 Å². The molecule has 4 rings (SSSR count). The molecule has 378 valence electrons. The van der Waals surface area contributed by atoms with Gasteiger partial charge in [-0.25, -0.2) is 14.4 Å². The lowest BCUT2D eigenvalue weighted by Crippen LogP contribution is -2.42. The van der Waals surface area contributed by atoms with Gasteiger partial charge in [0.25, 0.3) is 0 Å². The normalized spacial score (nSPS) is 12.6. The first-order valence-electron chi connectivity index (χ1n) is 23.9. The molecule has 21 heteroatoms. The monoisotopic (exact) mass is 1050 g/mol. The number of ether oxygens (including phenoxy) is 3. The van der Waals surface area contributed by atoms with Crippen molar-refractivity contribution in [3.63, 3.8) is 0 Å². The third kappa shape index (κ3) is 22.5. The molecule has 0 atom stereocenters. The average Bonchev–Trinajstić information content (AvgIpc) is 3.20. The van der Waals surface area contributed by atoms with Crippen LogP contribution in [0.3, 0.4) is 0 Å². The van der Waals surface area contributed by atoms with E-state index >= 15 is 0 Å². The summed E-state index contributed by atoms with van der Waals surface area (Å²) in [4.78, 5) is 52.6. The highest BCUT2D eigenvalue weighted by atomic mass is 28.4. The van der Waals surface area contributed by atoms with E-state index in [0.29, 0.717) is 53.6 Å². The molecule has 1 aromatic heterocycles. The molecular weight excluding hydrogens is 973 g/mol. The Morgan fingerprint density at radius 1 is 0.377 bits per heavy atom. The first kappa shape index (κ1) is 57.2. The second kappa shape index (κ2) is 24.7. The summed E-state index contributed by atoms with van der Waals surface area (Å²) in [6.45, 7) is 34.0. The molecule has 0 aliphatic carbocycles. The molecule has 0 spiro atoms. The topological polar surface area (TPSA) is 181 Å². The maximum Gasteiger partial charge on any atom is 0.338 e. The number of benzene rings is 3. The van der Waals surface area contributed by atoms with E-state index < -0.39 is 67.8 Å². The predicted molar refractivity (Wildman–Crippen MR) is 294 cm³/mol. The lowest BCUT2D eigenvalue weighted by Gasteiger charge is -2.31. The number of hydrogen-bond acceptors (Lipinski definition) is 15. The highest BCUT2D eigenvalue weighted by Crippen LogP contribution is 2.25. The smallest absolute Gasteiger partial charge is 0.338 e. The van der Waals surface area contributed by atoms with E-state index in [1.54, 1.807) is 72.8 Å². The summed E-state index contributed by atoms with van der Waals surface area (Å²) in [6.07, 6.45) is 2.25. The van der Waals surface area contributed by atoms with Gasteiger partial charge < -0.3 is 42.5 Å². The van der Waals surface area contributed by atoms with Gasteiger partial charge in [0.1, 0.15) is 0 Å². The molecule has 0 amide bonds. The summed E-state index contributed by atoms with van der Waals surface area (Å²) in [6, 6.07) is 23.4. The fraction of sp³-hybridized carbons (Fsp3) is 0.500. The zero-order valence-corrected chi connectivity index (χ0v) is 49.8. The van der Waals surface area contributed by atoms with E-state index in [2.05, 4.69) is 129 Å². The SMILES string of the molecule is C[Si](C)(C)O[Si](C)(C)CCCOC(=O)c1ccc(Nc2nc(Nc3ccc(C(=O)OCCC[Si](C)(C)O[Si](C)(C)C)cc3)nc(Nc3ccc(C(=O)OCCC[Si](C)(C)O[Si](C)(C)C)cc3)n2)cc1. The molecule has 0 fully saturated rings. The van der Waals surface area contributed by atoms with Crippen molar-refractivity contribution < 1.29 is 40.9 Å².